The van der Waals surface area contributed by atoms with Gasteiger partial charge in [0.25, 0.3) is 0 Å². The standard InChI is InChI=1S/C10H16N2S2/c1-11(2)8-4-6-9(7-5-8)12(3)10(13)14/h4-7,10,13-14H,1-3H3. The first kappa shape index (κ1) is 11.6. The van der Waals surface area contributed by atoms with Crippen LogP contribution in [0, 0.1) is 0 Å². The molecule has 0 spiro atoms. The van der Waals surface area contributed by atoms with Crippen molar-refractivity contribution in [1.82, 2.24) is 0 Å². The van der Waals surface area contributed by atoms with Gasteiger partial charge in [0.05, 0.1) is 0 Å². The summed E-state index contributed by atoms with van der Waals surface area (Å²) in [4.78, 5) is 4.06. The molecule has 1 rings (SSSR count). The van der Waals surface area contributed by atoms with Gasteiger partial charge < -0.3 is 9.80 Å². The molecule has 0 amide bonds. The SMILES string of the molecule is CN(C)c1ccc(N(C)C(S)S)cc1. The quantitative estimate of drug-likeness (QED) is 0.605. The second-order valence-electron chi connectivity index (χ2n) is 3.37. The molecule has 1 aromatic carbocycles. The van der Waals surface area contributed by atoms with Crippen LogP contribution in [0.4, 0.5) is 11.4 Å². The van der Waals surface area contributed by atoms with E-state index in [1.165, 1.54) is 5.69 Å². The fourth-order valence-electron chi connectivity index (χ4n) is 1.12. The first-order valence-corrected chi connectivity index (χ1v) is 5.42. The third-order valence-electron chi connectivity index (χ3n) is 2.12. The Morgan fingerprint density at radius 2 is 1.36 bits per heavy atom. The van der Waals surface area contributed by atoms with E-state index in [0.29, 0.717) is 0 Å². The lowest BCUT2D eigenvalue weighted by Gasteiger charge is -2.23. The maximum absolute atomic E-state index is 4.25. The van der Waals surface area contributed by atoms with Crippen LogP contribution in [0.3, 0.4) is 0 Å². The highest BCUT2D eigenvalue weighted by atomic mass is 32.2. The van der Waals surface area contributed by atoms with Crippen molar-refractivity contribution in [2.75, 3.05) is 30.9 Å². The third kappa shape index (κ3) is 2.75. The van der Waals surface area contributed by atoms with Crippen LogP contribution in [0.2, 0.25) is 0 Å². The summed E-state index contributed by atoms with van der Waals surface area (Å²) in [6.07, 6.45) is 0. The number of hydrogen-bond acceptors (Lipinski definition) is 4. The Labute approximate surface area is 96.7 Å². The average molecular weight is 228 g/mol. The summed E-state index contributed by atoms with van der Waals surface area (Å²) in [6, 6.07) is 8.29. The van der Waals surface area contributed by atoms with E-state index in [-0.39, 0.29) is 4.71 Å². The van der Waals surface area contributed by atoms with Crippen molar-refractivity contribution in [2.24, 2.45) is 0 Å². The van der Waals surface area contributed by atoms with Crippen LogP contribution >= 0.6 is 25.3 Å². The molecule has 0 saturated carbocycles. The number of thiol groups is 2. The number of rotatable bonds is 3. The van der Waals surface area contributed by atoms with Crippen molar-refractivity contribution in [2.45, 2.75) is 4.71 Å². The van der Waals surface area contributed by atoms with Crippen LogP contribution < -0.4 is 9.80 Å². The molecule has 0 N–H and O–H groups in total. The second-order valence-corrected chi connectivity index (χ2v) is 4.75. The van der Waals surface area contributed by atoms with Gasteiger partial charge in [0.1, 0.15) is 4.71 Å². The Balaban J connectivity index is 2.83. The van der Waals surface area contributed by atoms with Gasteiger partial charge in [0.2, 0.25) is 0 Å². The summed E-state index contributed by atoms with van der Waals surface area (Å²) in [5.41, 5.74) is 2.31. The van der Waals surface area contributed by atoms with Gasteiger partial charge in [0, 0.05) is 32.5 Å². The topological polar surface area (TPSA) is 6.48 Å². The van der Waals surface area contributed by atoms with Gasteiger partial charge >= 0.3 is 0 Å². The van der Waals surface area contributed by atoms with Gasteiger partial charge in [-0.05, 0) is 24.3 Å². The molecule has 0 aliphatic rings. The van der Waals surface area contributed by atoms with Crippen LogP contribution in [0.1, 0.15) is 0 Å². The zero-order chi connectivity index (χ0) is 10.7. The number of nitrogens with zero attached hydrogens (tertiary/aromatic N) is 2. The number of benzene rings is 1. The van der Waals surface area contributed by atoms with E-state index in [9.17, 15) is 0 Å². The first-order chi connectivity index (χ1) is 6.52. The molecule has 0 radical (unpaired) electrons. The smallest absolute Gasteiger partial charge is 0.116 e. The Morgan fingerprint density at radius 3 is 1.71 bits per heavy atom. The molecule has 0 unspecified atom stereocenters. The lowest BCUT2D eigenvalue weighted by molar-refractivity contribution is 1.06. The maximum Gasteiger partial charge on any atom is 0.116 e. The van der Waals surface area contributed by atoms with Gasteiger partial charge in [-0.25, -0.2) is 0 Å². The van der Waals surface area contributed by atoms with E-state index in [1.54, 1.807) is 0 Å². The molecule has 1 aromatic rings. The Bertz CT molecular complexity index is 283. The first-order valence-electron chi connectivity index (χ1n) is 4.38. The van der Waals surface area contributed by atoms with Gasteiger partial charge in [0.15, 0.2) is 0 Å². The molecule has 0 aliphatic carbocycles. The third-order valence-corrected chi connectivity index (χ3v) is 2.81. The van der Waals surface area contributed by atoms with E-state index >= 15 is 0 Å². The molecular formula is C10H16N2S2. The van der Waals surface area contributed by atoms with Gasteiger partial charge in [-0.3, -0.25) is 0 Å². The van der Waals surface area contributed by atoms with Gasteiger partial charge in [-0.1, -0.05) is 0 Å². The molecule has 0 saturated heterocycles. The molecule has 0 aromatic heterocycles. The summed E-state index contributed by atoms with van der Waals surface area (Å²) < 4.78 is -0.0693. The maximum atomic E-state index is 4.25. The lowest BCUT2D eigenvalue weighted by atomic mass is 10.2. The van der Waals surface area contributed by atoms with Crippen LogP contribution in [0.25, 0.3) is 0 Å². The predicted molar refractivity (Wildman–Crippen MR) is 70.9 cm³/mol. The molecule has 0 bridgehead atoms. The number of hydrogen-bond donors (Lipinski definition) is 2. The fraction of sp³-hybridized carbons (Fsp3) is 0.400. The number of anilines is 2. The van der Waals surface area contributed by atoms with E-state index in [2.05, 4.69) is 54.4 Å². The monoisotopic (exact) mass is 228 g/mol. The van der Waals surface area contributed by atoms with Crippen LogP contribution in [0.15, 0.2) is 24.3 Å². The molecule has 0 heterocycles. The van der Waals surface area contributed by atoms with E-state index in [0.717, 1.165) is 5.69 Å². The normalized spacial score (nSPS) is 10.4. The summed E-state index contributed by atoms with van der Waals surface area (Å²) in [6.45, 7) is 0. The Hall–Kier alpha value is -0.480. The lowest BCUT2D eigenvalue weighted by Crippen LogP contribution is -2.21. The van der Waals surface area contributed by atoms with E-state index < -0.39 is 0 Å². The molecule has 78 valence electrons. The van der Waals surface area contributed by atoms with Crippen molar-refractivity contribution >= 4 is 36.6 Å². The molecule has 0 atom stereocenters. The molecule has 2 nitrogen and oxygen atoms in total. The van der Waals surface area contributed by atoms with Crippen LogP contribution in [-0.2, 0) is 0 Å². The summed E-state index contributed by atoms with van der Waals surface area (Å²) in [5.74, 6) is 0. The van der Waals surface area contributed by atoms with E-state index in [1.807, 2.05) is 26.0 Å². The molecule has 4 heteroatoms. The Kier molecular flexibility index (Phi) is 4.01. The van der Waals surface area contributed by atoms with Crippen LogP contribution in [-0.4, -0.2) is 25.8 Å². The van der Waals surface area contributed by atoms with Crippen molar-refractivity contribution in [3.63, 3.8) is 0 Å². The summed E-state index contributed by atoms with van der Waals surface area (Å²) in [5, 5.41) is 0. The van der Waals surface area contributed by atoms with Crippen molar-refractivity contribution in [1.29, 1.82) is 0 Å². The van der Waals surface area contributed by atoms with Gasteiger partial charge in [-0.2, -0.15) is 0 Å². The molecule has 14 heavy (non-hydrogen) atoms. The summed E-state index contributed by atoms with van der Waals surface area (Å²) >= 11 is 8.50. The average Bonchev–Trinajstić information content (AvgIpc) is 2.16. The molecule has 0 aliphatic heterocycles. The minimum absolute atomic E-state index is 0.0693. The fourth-order valence-corrected chi connectivity index (χ4v) is 1.39. The highest BCUT2D eigenvalue weighted by Crippen LogP contribution is 2.21. The van der Waals surface area contributed by atoms with Crippen molar-refractivity contribution < 1.29 is 0 Å². The van der Waals surface area contributed by atoms with Crippen molar-refractivity contribution in [3.8, 4) is 0 Å². The zero-order valence-corrected chi connectivity index (χ0v) is 10.5. The predicted octanol–water partition coefficient (Wildman–Crippen LogP) is 2.33. The summed E-state index contributed by atoms with van der Waals surface area (Å²) in [7, 11) is 6.02. The van der Waals surface area contributed by atoms with Gasteiger partial charge in [-0.15, -0.1) is 25.3 Å². The minimum atomic E-state index is -0.0693. The minimum Gasteiger partial charge on any atom is -0.378 e. The van der Waals surface area contributed by atoms with Crippen molar-refractivity contribution in [3.05, 3.63) is 24.3 Å². The molecular weight excluding hydrogens is 212 g/mol. The van der Waals surface area contributed by atoms with E-state index in [4.69, 9.17) is 0 Å². The van der Waals surface area contributed by atoms with Crippen LogP contribution in [0.5, 0.6) is 0 Å². The Morgan fingerprint density at radius 1 is 0.929 bits per heavy atom. The highest BCUT2D eigenvalue weighted by molar-refractivity contribution is 7.99. The second kappa shape index (κ2) is 4.84. The highest BCUT2D eigenvalue weighted by Gasteiger charge is 2.05. The molecule has 0 fully saturated rings. The largest absolute Gasteiger partial charge is 0.378 e. The zero-order valence-electron chi connectivity index (χ0n) is 8.68.